The number of nitrogens with zero attached hydrogens (tertiary/aromatic N) is 1. The number of benzene rings is 2. The standard InChI is InChI=1S/C17H15NO3S2/c1-18(23(19,20)17-8-5-13-22-17)14-9-11-16(12-10-14)21-15-6-3-2-4-7-15/h2-13H,1H3. The van der Waals surface area contributed by atoms with Gasteiger partial charge in [0.05, 0.1) is 5.69 Å². The van der Waals surface area contributed by atoms with Gasteiger partial charge in [0.25, 0.3) is 10.0 Å². The Labute approximate surface area is 139 Å². The number of sulfonamides is 1. The lowest BCUT2D eigenvalue weighted by atomic mass is 10.3. The Morgan fingerprint density at radius 3 is 2.13 bits per heavy atom. The molecule has 0 radical (unpaired) electrons. The molecule has 4 nitrogen and oxygen atoms in total. The quantitative estimate of drug-likeness (QED) is 0.690. The molecule has 1 heterocycles. The van der Waals surface area contributed by atoms with Crippen LogP contribution in [-0.4, -0.2) is 15.5 Å². The van der Waals surface area contributed by atoms with Gasteiger partial charge in [0.1, 0.15) is 15.7 Å². The second-order valence-corrected chi connectivity index (χ2v) is 7.96. The van der Waals surface area contributed by atoms with E-state index in [1.54, 1.807) is 48.8 Å². The fraction of sp³-hybridized carbons (Fsp3) is 0.0588. The Morgan fingerprint density at radius 2 is 1.52 bits per heavy atom. The third-order valence-electron chi connectivity index (χ3n) is 3.29. The van der Waals surface area contributed by atoms with Crippen LogP contribution in [0.5, 0.6) is 11.5 Å². The van der Waals surface area contributed by atoms with E-state index in [0.29, 0.717) is 15.6 Å². The molecule has 118 valence electrons. The molecule has 0 N–H and O–H groups in total. The molecule has 0 atom stereocenters. The summed E-state index contributed by atoms with van der Waals surface area (Å²) in [6.45, 7) is 0. The molecule has 0 amide bonds. The average Bonchev–Trinajstić information content (AvgIpc) is 3.11. The summed E-state index contributed by atoms with van der Waals surface area (Å²) in [5.41, 5.74) is 0.582. The van der Waals surface area contributed by atoms with E-state index in [0.717, 1.165) is 5.75 Å². The smallest absolute Gasteiger partial charge is 0.273 e. The maximum absolute atomic E-state index is 12.5. The summed E-state index contributed by atoms with van der Waals surface area (Å²) in [6.07, 6.45) is 0. The van der Waals surface area contributed by atoms with Crippen LogP contribution in [0.15, 0.2) is 76.3 Å². The van der Waals surface area contributed by atoms with Crippen molar-refractivity contribution in [3.05, 3.63) is 72.1 Å². The Kier molecular flexibility index (Phi) is 4.36. The Bertz CT molecular complexity index is 858. The molecule has 0 aliphatic carbocycles. The first-order chi connectivity index (χ1) is 11.1. The van der Waals surface area contributed by atoms with Crippen LogP contribution in [0.1, 0.15) is 0 Å². The highest BCUT2D eigenvalue weighted by Crippen LogP contribution is 2.28. The van der Waals surface area contributed by atoms with Crippen molar-refractivity contribution >= 4 is 27.0 Å². The highest BCUT2D eigenvalue weighted by Gasteiger charge is 2.22. The van der Waals surface area contributed by atoms with Crippen molar-refractivity contribution in [1.82, 2.24) is 0 Å². The zero-order valence-electron chi connectivity index (χ0n) is 12.4. The molecule has 6 heteroatoms. The van der Waals surface area contributed by atoms with Gasteiger partial charge in [-0.15, -0.1) is 11.3 Å². The van der Waals surface area contributed by atoms with Crippen molar-refractivity contribution in [2.24, 2.45) is 0 Å². The van der Waals surface area contributed by atoms with E-state index < -0.39 is 10.0 Å². The molecule has 0 bridgehead atoms. The summed E-state index contributed by atoms with van der Waals surface area (Å²) in [7, 11) is -1.97. The van der Waals surface area contributed by atoms with E-state index in [4.69, 9.17) is 4.74 Å². The third kappa shape index (κ3) is 3.38. The van der Waals surface area contributed by atoms with Crippen LogP contribution in [0.25, 0.3) is 0 Å². The maximum Gasteiger partial charge on any atom is 0.273 e. The number of rotatable bonds is 5. The fourth-order valence-corrected chi connectivity index (χ4v) is 4.39. The van der Waals surface area contributed by atoms with Crippen LogP contribution in [-0.2, 0) is 10.0 Å². The van der Waals surface area contributed by atoms with Gasteiger partial charge < -0.3 is 4.74 Å². The molecule has 0 saturated heterocycles. The SMILES string of the molecule is CN(c1ccc(Oc2ccccc2)cc1)S(=O)(=O)c1cccs1. The van der Waals surface area contributed by atoms with E-state index in [1.165, 1.54) is 15.6 Å². The van der Waals surface area contributed by atoms with E-state index in [1.807, 2.05) is 30.3 Å². The number of para-hydroxylation sites is 1. The van der Waals surface area contributed by atoms with Crippen molar-refractivity contribution in [2.75, 3.05) is 11.4 Å². The van der Waals surface area contributed by atoms with E-state index in [2.05, 4.69) is 0 Å². The first kappa shape index (κ1) is 15.6. The summed E-state index contributed by atoms with van der Waals surface area (Å²) in [5, 5.41) is 1.75. The topological polar surface area (TPSA) is 46.6 Å². The maximum atomic E-state index is 12.5. The minimum atomic E-state index is -3.51. The van der Waals surface area contributed by atoms with Gasteiger partial charge in [0.15, 0.2) is 0 Å². The van der Waals surface area contributed by atoms with Gasteiger partial charge in [-0.05, 0) is 47.8 Å². The van der Waals surface area contributed by atoms with Crippen molar-refractivity contribution in [2.45, 2.75) is 4.21 Å². The highest BCUT2D eigenvalue weighted by atomic mass is 32.2. The lowest BCUT2D eigenvalue weighted by Crippen LogP contribution is -2.25. The first-order valence-electron chi connectivity index (χ1n) is 6.93. The summed E-state index contributed by atoms with van der Waals surface area (Å²) in [6, 6.07) is 19.7. The van der Waals surface area contributed by atoms with Gasteiger partial charge in [-0.1, -0.05) is 24.3 Å². The number of hydrogen-bond acceptors (Lipinski definition) is 4. The highest BCUT2D eigenvalue weighted by molar-refractivity contribution is 7.94. The molecule has 0 spiro atoms. The number of thiophene rings is 1. The minimum Gasteiger partial charge on any atom is -0.457 e. The molecule has 2 aromatic carbocycles. The van der Waals surface area contributed by atoms with Gasteiger partial charge in [0.2, 0.25) is 0 Å². The van der Waals surface area contributed by atoms with Crippen LogP contribution < -0.4 is 9.04 Å². The van der Waals surface area contributed by atoms with E-state index in [-0.39, 0.29) is 0 Å². The monoisotopic (exact) mass is 345 g/mol. The van der Waals surface area contributed by atoms with Crippen molar-refractivity contribution in [3.8, 4) is 11.5 Å². The van der Waals surface area contributed by atoms with E-state index >= 15 is 0 Å². The van der Waals surface area contributed by atoms with Crippen LogP contribution >= 0.6 is 11.3 Å². The molecule has 0 fully saturated rings. The third-order valence-corrected chi connectivity index (χ3v) is 6.45. The number of anilines is 1. The van der Waals surface area contributed by atoms with Gasteiger partial charge >= 0.3 is 0 Å². The number of hydrogen-bond donors (Lipinski definition) is 0. The van der Waals surface area contributed by atoms with Gasteiger partial charge in [-0.2, -0.15) is 0 Å². The van der Waals surface area contributed by atoms with Gasteiger partial charge in [-0.25, -0.2) is 8.42 Å². The lowest BCUT2D eigenvalue weighted by Gasteiger charge is -2.18. The normalized spacial score (nSPS) is 11.2. The second-order valence-electron chi connectivity index (χ2n) is 4.81. The summed E-state index contributed by atoms with van der Waals surface area (Å²) < 4.78 is 32.2. The zero-order valence-corrected chi connectivity index (χ0v) is 14.0. The minimum absolute atomic E-state index is 0.324. The van der Waals surface area contributed by atoms with Crippen molar-refractivity contribution < 1.29 is 13.2 Å². The molecule has 23 heavy (non-hydrogen) atoms. The molecular weight excluding hydrogens is 330 g/mol. The van der Waals surface area contributed by atoms with Gasteiger partial charge in [0, 0.05) is 7.05 Å². The molecular formula is C17H15NO3S2. The van der Waals surface area contributed by atoms with E-state index in [9.17, 15) is 8.42 Å². The largest absolute Gasteiger partial charge is 0.457 e. The molecule has 0 aliphatic heterocycles. The second kappa shape index (κ2) is 6.44. The Hall–Kier alpha value is -2.31. The van der Waals surface area contributed by atoms with Crippen LogP contribution in [0, 0.1) is 0 Å². The Morgan fingerprint density at radius 1 is 0.870 bits per heavy atom. The summed E-state index contributed by atoms with van der Waals surface area (Å²) in [4.78, 5) is 0. The molecule has 3 aromatic rings. The van der Waals surface area contributed by atoms with Crippen molar-refractivity contribution in [3.63, 3.8) is 0 Å². The molecule has 1 aromatic heterocycles. The fourth-order valence-electron chi connectivity index (χ4n) is 2.03. The Balaban J connectivity index is 1.79. The lowest BCUT2D eigenvalue weighted by molar-refractivity contribution is 0.482. The molecule has 0 unspecified atom stereocenters. The number of ether oxygens (including phenoxy) is 1. The first-order valence-corrected chi connectivity index (χ1v) is 9.25. The van der Waals surface area contributed by atoms with Crippen LogP contribution in [0.3, 0.4) is 0 Å². The predicted molar refractivity (Wildman–Crippen MR) is 92.9 cm³/mol. The predicted octanol–water partition coefficient (Wildman–Crippen LogP) is 4.37. The molecule has 3 rings (SSSR count). The molecule has 0 saturated carbocycles. The molecule has 0 aliphatic rings. The summed E-state index contributed by atoms with van der Waals surface area (Å²) in [5.74, 6) is 1.39. The zero-order chi connectivity index (χ0) is 16.3. The van der Waals surface area contributed by atoms with Crippen LogP contribution in [0.4, 0.5) is 5.69 Å². The van der Waals surface area contributed by atoms with Crippen LogP contribution in [0.2, 0.25) is 0 Å². The average molecular weight is 345 g/mol. The summed E-state index contributed by atoms with van der Waals surface area (Å²) >= 11 is 1.20. The van der Waals surface area contributed by atoms with Gasteiger partial charge in [-0.3, -0.25) is 4.31 Å². The van der Waals surface area contributed by atoms with Crippen molar-refractivity contribution in [1.29, 1.82) is 0 Å².